The molecule has 2 aliphatic rings. The first-order chi connectivity index (χ1) is 15.5. The van der Waals surface area contributed by atoms with Gasteiger partial charge >= 0.3 is 0 Å². The van der Waals surface area contributed by atoms with Crippen molar-refractivity contribution in [3.8, 4) is 23.0 Å². The van der Waals surface area contributed by atoms with E-state index in [1.54, 1.807) is 13.2 Å². The summed E-state index contributed by atoms with van der Waals surface area (Å²) in [6, 6.07) is 17.3. The van der Waals surface area contributed by atoms with Gasteiger partial charge in [0.1, 0.15) is 17.5 Å². The van der Waals surface area contributed by atoms with Gasteiger partial charge in [-0.25, -0.2) is 0 Å². The van der Waals surface area contributed by atoms with Crippen LogP contribution in [-0.2, 0) is 0 Å². The average molecular weight is 561 g/mol. The van der Waals surface area contributed by atoms with Gasteiger partial charge in [-0.3, -0.25) is 0 Å². The molecule has 4 N–H and O–H groups in total. The summed E-state index contributed by atoms with van der Waals surface area (Å²) in [5.74, 6) is 2.50. The highest BCUT2D eigenvalue weighted by Crippen LogP contribution is 2.37. The van der Waals surface area contributed by atoms with E-state index in [9.17, 15) is 5.11 Å². The molecule has 0 saturated heterocycles. The minimum absolute atomic E-state index is 0.0917. The molecule has 0 amide bonds. The van der Waals surface area contributed by atoms with Crippen LogP contribution in [0, 0.1) is 0 Å². The van der Waals surface area contributed by atoms with Crippen molar-refractivity contribution in [1.82, 2.24) is 5.32 Å². The van der Waals surface area contributed by atoms with Crippen LogP contribution in [0.25, 0.3) is 5.70 Å². The minimum atomic E-state index is -0.111. The summed E-state index contributed by atoms with van der Waals surface area (Å²) < 4.78 is 18.2. The van der Waals surface area contributed by atoms with Crippen LogP contribution in [-0.4, -0.2) is 19.0 Å². The molecular weight excluding hydrogens is 540 g/mol. The van der Waals surface area contributed by atoms with E-state index in [2.05, 4.69) is 48.6 Å². The first kappa shape index (κ1) is 21.2. The van der Waals surface area contributed by atoms with Gasteiger partial charge in [0.25, 0.3) is 0 Å². The van der Waals surface area contributed by atoms with E-state index in [0.717, 1.165) is 48.6 Å². The number of methoxy groups -OCH3 is 1. The maximum Gasteiger partial charge on any atom is 0.231 e. The lowest BCUT2D eigenvalue weighted by molar-refractivity contribution is -0.731. The van der Waals surface area contributed by atoms with Crippen molar-refractivity contribution in [2.45, 2.75) is 12.2 Å². The zero-order valence-electron chi connectivity index (χ0n) is 17.1. The molecule has 0 fully saturated rings. The first-order valence-electron chi connectivity index (χ1n) is 10.1. The molecule has 3 aromatic rings. The lowest BCUT2D eigenvalue weighted by Gasteiger charge is -2.30. The smallest absolute Gasteiger partial charge is 0.231 e. The summed E-state index contributed by atoms with van der Waals surface area (Å²) in [6.07, 6.45) is 2.03. The van der Waals surface area contributed by atoms with E-state index in [0.29, 0.717) is 0 Å². The van der Waals surface area contributed by atoms with E-state index in [1.807, 2.05) is 48.5 Å². The molecule has 0 aromatic heterocycles. The molecule has 164 valence electrons. The van der Waals surface area contributed by atoms with Crippen molar-refractivity contribution < 1.29 is 24.6 Å². The number of phenols is 1. The Morgan fingerprint density at radius 3 is 2.69 bits per heavy atom. The molecule has 3 aromatic carbocycles. The lowest BCUT2D eigenvalue weighted by Crippen LogP contribution is -2.89. The molecule has 2 heterocycles. The number of fused-ring (bicyclic) bond motifs is 1. The van der Waals surface area contributed by atoms with E-state index in [1.165, 1.54) is 0 Å². The monoisotopic (exact) mass is 559 g/mol. The number of quaternary nitrogens is 1. The molecule has 0 spiro atoms. The van der Waals surface area contributed by atoms with Crippen molar-refractivity contribution in [3.63, 3.8) is 0 Å². The molecule has 8 heteroatoms. The number of aromatic hydroxyl groups is 1. The number of nitrogens with one attached hydrogen (secondary N) is 1. The van der Waals surface area contributed by atoms with Gasteiger partial charge in [0.05, 0.1) is 17.1 Å². The minimum Gasteiger partial charge on any atom is -0.507 e. The Labute approximate surface area is 202 Å². The van der Waals surface area contributed by atoms with Crippen molar-refractivity contribution in [1.29, 1.82) is 0 Å². The molecular formula is C24H21Br2N2O4+. The summed E-state index contributed by atoms with van der Waals surface area (Å²) >= 11 is 7.12. The number of ether oxygens (including phenoxy) is 3. The van der Waals surface area contributed by atoms with E-state index < -0.39 is 0 Å². The number of phenolic OH excluding ortho intramolecular Hbond substituents is 1. The van der Waals surface area contributed by atoms with Crippen LogP contribution >= 0.6 is 31.9 Å². The van der Waals surface area contributed by atoms with Crippen molar-refractivity contribution in [3.05, 3.63) is 86.3 Å². The quantitative estimate of drug-likeness (QED) is 0.435. The van der Waals surface area contributed by atoms with Gasteiger partial charge in [-0.15, -0.1) is 0 Å². The second-order valence-electron chi connectivity index (χ2n) is 7.59. The van der Waals surface area contributed by atoms with Gasteiger partial charge in [0.15, 0.2) is 17.7 Å². The molecule has 32 heavy (non-hydrogen) atoms. The van der Waals surface area contributed by atoms with Crippen molar-refractivity contribution in [2.75, 3.05) is 13.9 Å². The topological polar surface area (TPSA) is 76.6 Å². The summed E-state index contributed by atoms with van der Waals surface area (Å²) in [5.41, 5.74) is 3.84. The molecule has 0 radical (unpaired) electrons. The number of hydrogen-bond acceptors (Lipinski definition) is 5. The van der Waals surface area contributed by atoms with Gasteiger partial charge in [-0.05, 0) is 70.5 Å². The molecule has 2 atom stereocenters. The highest BCUT2D eigenvalue weighted by atomic mass is 79.9. The van der Waals surface area contributed by atoms with Crippen LogP contribution < -0.4 is 24.8 Å². The highest BCUT2D eigenvalue weighted by molar-refractivity contribution is 9.10. The van der Waals surface area contributed by atoms with Crippen LogP contribution in [0.3, 0.4) is 0 Å². The fourth-order valence-electron chi connectivity index (χ4n) is 4.01. The summed E-state index contributed by atoms with van der Waals surface area (Å²) in [7, 11) is 1.65. The van der Waals surface area contributed by atoms with Crippen LogP contribution in [0.2, 0.25) is 0 Å². The van der Waals surface area contributed by atoms with Crippen LogP contribution in [0.15, 0.2) is 69.6 Å². The van der Waals surface area contributed by atoms with Gasteiger partial charge in [-0.1, -0.05) is 15.9 Å². The van der Waals surface area contributed by atoms with E-state index in [4.69, 9.17) is 14.2 Å². The lowest BCUT2D eigenvalue weighted by atomic mass is 9.97. The first-order valence-corrected chi connectivity index (χ1v) is 11.7. The molecule has 0 bridgehead atoms. The van der Waals surface area contributed by atoms with Crippen LogP contribution in [0.5, 0.6) is 23.0 Å². The van der Waals surface area contributed by atoms with Gasteiger partial charge < -0.3 is 30.0 Å². The van der Waals surface area contributed by atoms with Gasteiger partial charge in [0, 0.05) is 27.4 Å². The second-order valence-corrected chi connectivity index (χ2v) is 9.36. The van der Waals surface area contributed by atoms with Crippen LogP contribution in [0.1, 0.15) is 28.9 Å². The zero-order valence-corrected chi connectivity index (χ0v) is 20.3. The Balaban J connectivity index is 1.57. The Kier molecular flexibility index (Phi) is 5.75. The number of hydrogen-bond donors (Lipinski definition) is 3. The third-order valence-corrected chi connectivity index (χ3v) is 6.74. The SMILES string of the molecule is COc1ccc(C2NC(c3ccc4c(c3)OCO4)=CC(c3cc(Br)ccc3O)[NH2+]2)cc1Br. The Bertz CT molecular complexity index is 1210. The second kappa shape index (κ2) is 8.69. The molecule has 2 aliphatic heterocycles. The molecule has 2 unspecified atom stereocenters. The highest BCUT2D eigenvalue weighted by Gasteiger charge is 2.30. The average Bonchev–Trinajstić information content (AvgIpc) is 3.28. The molecule has 6 nitrogen and oxygen atoms in total. The normalized spacial score (nSPS) is 19.3. The third-order valence-electron chi connectivity index (χ3n) is 5.62. The molecule has 0 aliphatic carbocycles. The Morgan fingerprint density at radius 1 is 1.03 bits per heavy atom. The number of rotatable bonds is 4. The third kappa shape index (κ3) is 4.05. The maximum atomic E-state index is 10.6. The Morgan fingerprint density at radius 2 is 1.88 bits per heavy atom. The predicted molar refractivity (Wildman–Crippen MR) is 128 cm³/mol. The fourth-order valence-corrected chi connectivity index (χ4v) is 4.94. The maximum absolute atomic E-state index is 10.6. The largest absolute Gasteiger partial charge is 0.507 e. The van der Waals surface area contributed by atoms with E-state index in [-0.39, 0.29) is 24.8 Å². The Hall–Kier alpha value is -2.68. The van der Waals surface area contributed by atoms with Gasteiger partial charge in [-0.2, -0.15) is 0 Å². The van der Waals surface area contributed by atoms with Crippen LogP contribution in [0.4, 0.5) is 0 Å². The van der Waals surface area contributed by atoms with Crippen molar-refractivity contribution >= 4 is 37.6 Å². The molecule has 5 rings (SSSR count). The fraction of sp³-hybridized carbons (Fsp3) is 0.167. The summed E-state index contributed by atoms with van der Waals surface area (Å²) in [4.78, 5) is 0. The number of halogens is 2. The van der Waals surface area contributed by atoms with Gasteiger partial charge in [0.2, 0.25) is 6.79 Å². The van der Waals surface area contributed by atoms with Crippen molar-refractivity contribution in [2.24, 2.45) is 0 Å². The van der Waals surface area contributed by atoms with E-state index >= 15 is 0 Å². The number of nitrogens with two attached hydrogens (primary N) is 1. The zero-order chi connectivity index (χ0) is 22.2. The summed E-state index contributed by atoms with van der Waals surface area (Å²) in [5, 5.41) is 16.4. The standard InChI is InChI=1S/C24H20Br2N2O4/c1-30-21-6-3-14(8-17(21)26)24-27-18(13-2-7-22-23(9-13)32-12-31-22)11-19(28-24)16-10-15(25)4-5-20(16)29/h2-11,19,24,27-29H,12H2,1H3/p+1. The molecule has 0 saturated carbocycles. The summed E-state index contributed by atoms with van der Waals surface area (Å²) in [6.45, 7) is 0.232. The number of benzene rings is 3. The predicted octanol–water partition coefficient (Wildman–Crippen LogP) is 4.60.